The Balaban J connectivity index is 1.75. The number of amides is 1. The Labute approximate surface area is 143 Å². The molecule has 0 bridgehead atoms. The van der Waals surface area contributed by atoms with Crippen molar-refractivity contribution in [2.45, 2.75) is 38.8 Å². The largest absolute Gasteiger partial charge is 0.363 e. The number of likely N-dealkylation sites (tertiary alicyclic amines) is 1. The van der Waals surface area contributed by atoms with Crippen molar-refractivity contribution in [1.29, 1.82) is 0 Å². The maximum Gasteiger partial charge on any atom is 0.255 e. The summed E-state index contributed by atoms with van der Waals surface area (Å²) < 4.78 is 1.94. The van der Waals surface area contributed by atoms with Crippen LogP contribution in [0.2, 0.25) is 0 Å². The molecule has 2 aromatic heterocycles. The van der Waals surface area contributed by atoms with Crippen LogP contribution in [0.5, 0.6) is 0 Å². The Morgan fingerprint density at radius 1 is 1.29 bits per heavy atom. The second-order valence-corrected chi connectivity index (χ2v) is 6.69. The third-order valence-electron chi connectivity index (χ3n) is 4.50. The number of carbonyl (C=O) groups excluding carboxylic acids is 1. The molecule has 3 heterocycles. The lowest BCUT2D eigenvalue weighted by Gasteiger charge is -2.35. The first-order valence-electron chi connectivity index (χ1n) is 8.48. The van der Waals surface area contributed by atoms with Crippen LogP contribution < -0.4 is 4.90 Å². The van der Waals surface area contributed by atoms with Crippen molar-refractivity contribution >= 4 is 11.7 Å². The minimum Gasteiger partial charge on any atom is -0.363 e. The molecule has 1 saturated heterocycles. The quantitative estimate of drug-likeness (QED) is 0.865. The van der Waals surface area contributed by atoms with Crippen LogP contribution >= 0.6 is 0 Å². The minimum atomic E-state index is 0.0707. The van der Waals surface area contributed by atoms with Crippen LogP contribution in [0, 0.1) is 6.92 Å². The summed E-state index contributed by atoms with van der Waals surface area (Å²) in [4.78, 5) is 21.2. The zero-order valence-electron chi connectivity index (χ0n) is 14.6. The van der Waals surface area contributed by atoms with Gasteiger partial charge in [-0.25, -0.2) is 4.98 Å². The van der Waals surface area contributed by atoms with Gasteiger partial charge in [0.1, 0.15) is 5.82 Å². The monoisotopic (exact) mass is 327 g/mol. The highest BCUT2D eigenvalue weighted by atomic mass is 16.2. The molecule has 6 heteroatoms. The summed E-state index contributed by atoms with van der Waals surface area (Å²) in [5.41, 5.74) is 1.80. The summed E-state index contributed by atoms with van der Waals surface area (Å²) >= 11 is 0. The number of aromatic nitrogens is 3. The van der Waals surface area contributed by atoms with Crippen molar-refractivity contribution in [3.8, 4) is 0 Å². The van der Waals surface area contributed by atoms with E-state index in [-0.39, 0.29) is 11.9 Å². The molecule has 1 aliphatic rings. The Morgan fingerprint density at radius 2 is 2.12 bits per heavy atom. The van der Waals surface area contributed by atoms with Gasteiger partial charge in [-0.1, -0.05) is 0 Å². The topological polar surface area (TPSA) is 54.3 Å². The third-order valence-corrected chi connectivity index (χ3v) is 4.50. The number of rotatable bonds is 4. The Kier molecular flexibility index (Phi) is 4.83. The first kappa shape index (κ1) is 16.5. The minimum absolute atomic E-state index is 0.0707. The molecule has 0 N–H and O–H groups in total. The molecule has 3 rings (SSSR count). The second kappa shape index (κ2) is 7.03. The predicted molar refractivity (Wildman–Crippen MR) is 94.2 cm³/mol. The van der Waals surface area contributed by atoms with Crippen LogP contribution in [0.15, 0.2) is 30.7 Å². The van der Waals surface area contributed by atoms with E-state index in [1.165, 1.54) is 0 Å². The van der Waals surface area contributed by atoms with Crippen molar-refractivity contribution in [3.63, 3.8) is 0 Å². The van der Waals surface area contributed by atoms with E-state index >= 15 is 0 Å². The van der Waals surface area contributed by atoms with Crippen LogP contribution in [0.4, 0.5) is 5.82 Å². The number of anilines is 1. The number of carbonyl (C=O) groups is 1. The number of aryl methyl sites for hydroxylation is 1. The number of nitrogens with zero attached hydrogens (tertiary/aromatic N) is 5. The molecular formula is C18H25N5O. The van der Waals surface area contributed by atoms with E-state index in [1.807, 2.05) is 60.0 Å². The van der Waals surface area contributed by atoms with Gasteiger partial charge in [0, 0.05) is 33.0 Å². The second-order valence-electron chi connectivity index (χ2n) is 6.69. The van der Waals surface area contributed by atoms with Crippen LogP contribution in [0.3, 0.4) is 0 Å². The normalized spacial score (nSPS) is 17.8. The number of hydrogen-bond donors (Lipinski definition) is 0. The molecule has 0 saturated carbocycles. The number of pyridine rings is 1. The molecule has 0 unspecified atom stereocenters. The van der Waals surface area contributed by atoms with Gasteiger partial charge in [0.05, 0.1) is 24.3 Å². The van der Waals surface area contributed by atoms with Crippen molar-refractivity contribution in [3.05, 3.63) is 41.9 Å². The van der Waals surface area contributed by atoms with E-state index in [0.29, 0.717) is 5.56 Å². The lowest BCUT2D eigenvalue weighted by Crippen LogP contribution is -2.46. The summed E-state index contributed by atoms with van der Waals surface area (Å²) in [5.74, 6) is 0.926. The van der Waals surface area contributed by atoms with Gasteiger partial charge in [-0.2, -0.15) is 5.10 Å². The van der Waals surface area contributed by atoms with Gasteiger partial charge >= 0.3 is 0 Å². The van der Waals surface area contributed by atoms with Crippen LogP contribution in [0.25, 0.3) is 0 Å². The van der Waals surface area contributed by atoms with Gasteiger partial charge in [0.25, 0.3) is 5.91 Å². The molecule has 1 fully saturated rings. The van der Waals surface area contributed by atoms with Gasteiger partial charge in [-0.05, 0) is 43.9 Å². The fourth-order valence-corrected chi connectivity index (χ4v) is 3.18. The molecule has 128 valence electrons. The predicted octanol–water partition coefficient (Wildman–Crippen LogP) is 2.35. The van der Waals surface area contributed by atoms with Crippen molar-refractivity contribution < 1.29 is 4.79 Å². The van der Waals surface area contributed by atoms with E-state index in [9.17, 15) is 4.79 Å². The fraction of sp³-hybridized carbons (Fsp3) is 0.500. The van der Waals surface area contributed by atoms with Gasteiger partial charge < -0.3 is 9.80 Å². The Bertz CT molecular complexity index is 692. The van der Waals surface area contributed by atoms with Crippen molar-refractivity contribution in [2.75, 3.05) is 25.5 Å². The molecule has 1 amide bonds. The maximum atomic E-state index is 12.9. The Morgan fingerprint density at radius 3 is 2.75 bits per heavy atom. The van der Waals surface area contributed by atoms with Gasteiger partial charge in [-0.15, -0.1) is 0 Å². The molecular weight excluding hydrogens is 302 g/mol. The van der Waals surface area contributed by atoms with E-state index in [1.54, 1.807) is 6.20 Å². The highest BCUT2D eigenvalue weighted by molar-refractivity contribution is 5.94. The average molecular weight is 327 g/mol. The van der Waals surface area contributed by atoms with Gasteiger partial charge in [0.15, 0.2) is 0 Å². The first-order valence-corrected chi connectivity index (χ1v) is 8.48. The summed E-state index contributed by atoms with van der Waals surface area (Å²) in [5, 5.41) is 4.37. The SMILES string of the molecule is Cc1cnn(C[C@H]2CCCCN2C(=O)c2ccc(N(C)C)nc2)c1. The molecule has 0 radical (unpaired) electrons. The lowest BCUT2D eigenvalue weighted by atomic mass is 10.0. The molecule has 0 aliphatic carbocycles. The van der Waals surface area contributed by atoms with Gasteiger partial charge in [-0.3, -0.25) is 9.48 Å². The standard InChI is InChI=1S/C18H25N5O/c1-14-10-20-22(12-14)13-16-6-4-5-9-23(16)18(24)15-7-8-17(19-11-15)21(2)3/h7-8,10-12,16H,4-6,9,13H2,1-3H3/t16-/m1/s1. The fourth-order valence-electron chi connectivity index (χ4n) is 3.18. The Hall–Kier alpha value is -2.37. The molecule has 1 atom stereocenters. The smallest absolute Gasteiger partial charge is 0.255 e. The van der Waals surface area contributed by atoms with Crippen molar-refractivity contribution in [2.24, 2.45) is 0 Å². The first-order chi connectivity index (χ1) is 11.5. The van der Waals surface area contributed by atoms with E-state index in [2.05, 4.69) is 10.1 Å². The van der Waals surface area contributed by atoms with Crippen LogP contribution in [-0.4, -0.2) is 52.3 Å². The van der Waals surface area contributed by atoms with E-state index in [0.717, 1.165) is 43.7 Å². The highest BCUT2D eigenvalue weighted by Crippen LogP contribution is 2.21. The van der Waals surface area contributed by atoms with Crippen molar-refractivity contribution in [1.82, 2.24) is 19.7 Å². The molecule has 0 aromatic carbocycles. The molecule has 2 aromatic rings. The maximum absolute atomic E-state index is 12.9. The average Bonchev–Trinajstić information content (AvgIpc) is 3.00. The van der Waals surface area contributed by atoms with Crippen LogP contribution in [-0.2, 0) is 6.54 Å². The van der Waals surface area contributed by atoms with E-state index < -0.39 is 0 Å². The number of piperidine rings is 1. The zero-order chi connectivity index (χ0) is 17.1. The van der Waals surface area contributed by atoms with Gasteiger partial charge in [0.2, 0.25) is 0 Å². The summed E-state index contributed by atoms with van der Waals surface area (Å²) in [6.07, 6.45) is 8.81. The third kappa shape index (κ3) is 3.58. The summed E-state index contributed by atoms with van der Waals surface area (Å²) in [6.45, 7) is 3.59. The molecule has 0 spiro atoms. The lowest BCUT2D eigenvalue weighted by molar-refractivity contribution is 0.0583. The summed E-state index contributed by atoms with van der Waals surface area (Å²) in [6, 6.07) is 3.95. The molecule has 24 heavy (non-hydrogen) atoms. The van der Waals surface area contributed by atoms with E-state index in [4.69, 9.17) is 0 Å². The molecule has 6 nitrogen and oxygen atoms in total. The number of hydrogen-bond acceptors (Lipinski definition) is 4. The highest BCUT2D eigenvalue weighted by Gasteiger charge is 2.28. The zero-order valence-corrected chi connectivity index (χ0v) is 14.6. The summed E-state index contributed by atoms with van der Waals surface area (Å²) in [7, 11) is 3.88. The van der Waals surface area contributed by atoms with Crippen LogP contribution in [0.1, 0.15) is 35.2 Å². The molecule has 1 aliphatic heterocycles.